The Morgan fingerprint density at radius 3 is 2.23 bits per heavy atom. The van der Waals surface area contributed by atoms with Gasteiger partial charge in [-0.15, -0.1) is 0 Å². The number of rotatable bonds is 5. The highest BCUT2D eigenvalue weighted by molar-refractivity contribution is 7.89. The fraction of sp³-hybridized carbons (Fsp3) is 0.174. The topological polar surface area (TPSA) is 69.7 Å². The predicted octanol–water partition coefficient (Wildman–Crippen LogP) is 3.88. The highest BCUT2D eigenvalue weighted by Crippen LogP contribution is 2.38. The van der Waals surface area contributed by atoms with E-state index < -0.39 is 10.0 Å². The molecule has 0 aliphatic carbocycles. The minimum atomic E-state index is -3.53. The van der Waals surface area contributed by atoms with Gasteiger partial charge in [-0.25, -0.2) is 12.7 Å². The number of hydrogen-bond acceptors (Lipinski definition) is 4. The largest absolute Gasteiger partial charge is 0.339 e. The van der Waals surface area contributed by atoms with Crippen molar-refractivity contribution in [2.75, 3.05) is 30.9 Å². The Labute approximate surface area is 176 Å². The number of hydrogen-bond donors (Lipinski definition) is 1. The van der Waals surface area contributed by atoms with Gasteiger partial charge >= 0.3 is 0 Å². The van der Waals surface area contributed by atoms with Gasteiger partial charge in [-0.1, -0.05) is 30.3 Å². The van der Waals surface area contributed by atoms with Crippen LogP contribution in [0.3, 0.4) is 0 Å². The minimum absolute atomic E-state index is 0.151. The average molecular weight is 422 g/mol. The van der Waals surface area contributed by atoms with Crippen LogP contribution in [0.15, 0.2) is 77.7 Å². The summed E-state index contributed by atoms with van der Waals surface area (Å²) in [7, 11) is -0.578. The van der Waals surface area contributed by atoms with Crippen molar-refractivity contribution in [3.63, 3.8) is 0 Å². The van der Waals surface area contributed by atoms with Gasteiger partial charge in [0, 0.05) is 31.9 Å². The Morgan fingerprint density at radius 1 is 0.900 bits per heavy atom. The molecule has 4 rings (SSSR count). The number of nitrogens with one attached hydrogen (secondary N) is 1. The van der Waals surface area contributed by atoms with E-state index in [2.05, 4.69) is 22.3 Å². The van der Waals surface area contributed by atoms with Gasteiger partial charge in [-0.2, -0.15) is 0 Å². The number of carbonyl (C=O) groups is 1. The zero-order valence-corrected chi connectivity index (χ0v) is 17.7. The van der Waals surface area contributed by atoms with E-state index in [4.69, 9.17) is 0 Å². The fourth-order valence-electron chi connectivity index (χ4n) is 3.59. The summed E-state index contributed by atoms with van der Waals surface area (Å²) in [6.07, 6.45) is 0.959. The molecule has 0 spiro atoms. The van der Waals surface area contributed by atoms with E-state index in [1.54, 1.807) is 0 Å². The van der Waals surface area contributed by atoms with E-state index in [-0.39, 0.29) is 10.8 Å². The molecule has 0 saturated carbocycles. The summed E-state index contributed by atoms with van der Waals surface area (Å²) in [6.45, 7) is 0.851. The molecular weight excluding hydrogens is 398 g/mol. The number of anilines is 3. The van der Waals surface area contributed by atoms with Crippen molar-refractivity contribution in [3.8, 4) is 0 Å². The van der Waals surface area contributed by atoms with Gasteiger partial charge in [0.15, 0.2) is 0 Å². The molecule has 1 N–H and O–H groups in total. The highest BCUT2D eigenvalue weighted by atomic mass is 32.2. The molecule has 0 bridgehead atoms. The maximum absolute atomic E-state index is 12.8. The molecule has 1 aliphatic heterocycles. The molecule has 3 aromatic carbocycles. The number of nitrogens with zero attached hydrogens (tertiary/aromatic N) is 2. The quantitative estimate of drug-likeness (QED) is 0.679. The number of para-hydroxylation sites is 3. The van der Waals surface area contributed by atoms with E-state index in [1.165, 1.54) is 43.9 Å². The number of fused-ring (bicyclic) bond motifs is 1. The van der Waals surface area contributed by atoms with Gasteiger partial charge in [0.05, 0.1) is 16.3 Å². The molecule has 154 valence electrons. The Morgan fingerprint density at radius 2 is 1.53 bits per heavy atom. The molecule has 30 heavy (non-hydrogen) atoms. The van der Waals surface area contributed by atoms with E-state index in [9.17, 15) is 13.2 Å². The first-order valence-electron chi connectivity index (χ1n) is 9.66. The normalized spacial score (nSPS) is 13.4. The first-order chi connectivity index (χ1) is 14.4. The summed E-state index contributed by atoms with van der Waals surface area (Å²) in [6, 6.07) is 21.9. The monoisotopic (exact) mass is 421 g/mol. The lowest BCUT2D eigenvalue weighted by molar-refractivity contribution is 0.102. The Kier molecular flexibility index (Phi) is 5.32. The maximum Gasteiger partial charge on any atom is 0.255 e. The number of benzene rings is 3. The van der Waals surface area contributed by atoms with Crippen LogP contribution in [0.4, 0.5) is 17.1 Å². The zero-order valence-electron chi connectivity index (χ0n) is 16.9. The van der Waals surface area contributed by atoms with Gasteiger partial charge in [0.25, 0.3) is 5.91 Å². The van der Waals surface area contributed by atoms with Gasteiger partial charge in [-0.3, -0.25) is 4.79 Å². The lowest BCUT2D eigenvalue weighted by atomic mass is 10.1. The molecule has 0 fully saturated rings. The Hall–Kier alpha value is -3.16. The van der Waals surface area contributed by atoms with Crippen molar-refractivity contribution >= 4 is 33.0 Å². The SMILES string of the molecule is CN(C)S(=O)(=O)c1ccc(C(=O)Nc2ccccc2N2CCc3ccccc32)cc1. The lowest BCUT2D eigenvalue weighted by Gasteiger charge is -2.23. The van der Waals surface area contributed by atoms with Gasteiger partial charge in [-0.05, 0) is 54.4 Å². The first-order valence-corrected chi connectivity index (χ1v) is 11.1. The highest BCUT2D eigenvalue weighted by Gasteiger charge is 2.23. The molecule has 0 atom stereocenters. The first kappa shape index (κ1) is 20.1. The molecule has 0 unspecified atom stereocenters. The van der Waals surface area contributed by atoms with Crippen molar-refractivity contribution in [1.82, 2.24) is 4.31 Å². The van der Waals surface area contributed by atoms with Gasteiger partial charge in [0.1, 0.15) is 0 Å². The van der Waals surface area contributed by atoms with Crippen LogP contribution in [0.1, 0.15) is 15.9 Å². The number of carbonyl (C=O) groups excluding carboxylic acids is 1. The molecular formula is C23H23N3O3S. The Balaban J connectivity index is 1.58. The number of sulfonamides is 1. The standard InChI is InChI=1S/C23H23N3O3S/c1-25(2)30(28,29)19-13-11-18(12-14-19)23(27)24-20-8-4-6-10-22(20)26-16-15-17-7-3-5-9-21(17)26/h3-14H,15-16H2,1-2H3,(H,24,27). The molecule has 1 aliphatic rings. The van der Waals surface area contributed by atoms with Crippen LogP contribution in [0.2, 0.25) is 0 Å². The van der Waals surface area contributed by atoms with E-state index in [0.717, 1.165) is 28.6 Å². The lowest BCUT2D eigenvalue weighted by Crippen LogP contribution is -2.22. The molecule has 6 nitrogen and oxygen atoms in total. The zero-order chi connectivity index (χ0) is 21.3. The summed E-state index contributed by atoms with van der Waals surface area (Å²) < 4.78 is 25.6. The van der Waals surface area contributed by atoms with Crippen LogP contribution < -0.4 is 10.2 Å². The van der Waals surface area contributed by atoms with Crippen LogP contribution in [-0.2, 0) is 16.4 Å². The summed E-state index contributed by atoms with van der Waals surface area (Å²) in [4.78, 5) is 15.2. The second-order valence-electron chi connectivity index (χ2n) is 7.31. The van der Waals surface area contributed by atoms with E-state index in [1.807, 2.05) is 36.4 Å². The summed E-state index contributed by atoms with van der Waals surface area (Å²) >= 11 is 0. The van der Waals surface area contributed by atoms with Crippen LogP contribution in [0, 0.1) is 0 Å². The van der Waals surface area contributed by atoms with Gasteiger partial charge in [0.2, 0.25) is 10.0 Å². The molecule has 0 aromatic heterocycles. The summed E-state index contributed by atoms with van der Waals surface area (Å²) in [5.74, 6) is -0.288. The molecule has 1 heterocycles. The molecule has 7 heteroatoms. The van der Waals surface area contributed by atoms with Crippen molar-refractivity contribution in [1.29, 1.82) is 0 Å². The van der Waals surface area contributed by atoms with Crippen molar-refractivity contribution in [2.45, 2.75) is 11.3 Å². The molecule has 3 aromatic rings. The van der Waals surface area contributed by atoms with Crippen LogP contribution in [0.5, 0.6) is 0 Å². The van der Waals surface area contributed by atoms with E-state index >= 15 is 0 Å². The Bertz CT molecular complexity index is 1190. The van der Waals surface area contributed by atoms with Crippen molar-refractivity contribution in [3.05, 3.63) is 83.9 Å². The van der Waals surface area contributed by atoms with Crippen LogP contribution >= 0.6 is 0 Å². The fourth-order valence-corrected chi connectivity index (χ4v) is 4.49. The second kappa shape index (κ2) is 7.93. The number of amides is 1. The molecule has 0 radical (unpaired) electrons. The third-order valence-corrected chi connectivity index (χ3v) is 7.05. The molecule has 1 amide bonds. The smallest absolute Gasteiger partial charge is 0.255 e. The third kappa shape index (κ3) is 3.69. The minimum Gasteiger partial charge on any atom is -0.339 e. The third-order valence-electron chi connectivity index (χ3n) is 5.23. The average Bonchev–Trinajstić information content (AvgIpc) is 3.18. The second-order valence-corrected chi connectivity index (χ2v) is 9.47. The van der Waals surface area contributed by atoms with Crippen molar-refractivity contribution in [2.24, 2.45) is 0 Å². The van der Waals surface area contributed by atoms with Gasteiger partial charge < -0.3 is 10.2 Å². The van der Waals surface area contributed by atoms with Crippen LogP contribution in [-0.4, -0.2) is 39.3 Å². The summed E-state index contributed by atoms with van der Waals surface area (Å²) in [5.41, 5.74) is 4.48. The van der Waals surface area contributed by atoms with Crippen molar-refractivity contribution < 1.29 is 13.2 Å². The maximum atomic E-state index is 12.8. The summed E-state index contributed by atoms with van der Waals surface area (Å²) in [5, 5.41) is 2.98. The predicted molar refractivity (Wildman–Crippen MR) is 119 cm³/mol. The van der Waals surface area contributed by atoms with Crippen LogP contribution in [0.25, 0.3) is 0 Å². The van der Waals surface area contributed by atoms with E-state index in [0.29, 0.717) is 11.3 Å². The molecule has 0 saturated heterocycles.